The molecule has 0 saturated carbocycles. The number of carbonyl (C=O) groups is 1. The topological polar surface area (TPSA) is 38.8 Å². The highest BCUT2D eigenvalue weighted by molar-refractivity contribution is 5.78. The van der Waals surface area contributed by atoms with E-state index in [-0.39, 0.29) is 17.8 Å². The van der Waals surface area contributed by atoms with E-state index in [0.717, 1.165) is 58.5 Å². The molecule has 144 valence electrons. The van der Waals surface area contributed by atoms with Crippen molar-refractivity contribution in [2.24, 2.45) is 0 Å². The lowest BCUT2D eigenvalue weighted by atomic mass is 10.0. The van der Waals surface area contributed by atoms with Gasteiger partial charge in [0.15, 0.2) is 0 Å². The van der Waals surface area contributed by atoms with Crippen LogP contribution in [-0.2, 0) is 4.79 Å². The molecule has 0 unspecified atom stereocenters. The fourth-order valence-corrected chi connectivity index (χ4v) is 3.96. The Bertz CT molecular complexity index is 591. The lowest BCUT2D eigenvalue weighted by Gasteiger charge is -2.29. The van der Waals surface area contributed by atoms with Crippen LogP contribution in [0, 0.1) is 5.82 Å². The van der Waals surface area contributed by atoms with Crippen LogP contribution in [0.5, 0.6) is 0 Å². The largest absolute Gasteiger partial charge is 0.353 e. The number of nitrogens with one attached hydrogen (secondary N) is 1. The molecule has 2 aliphatic rings. The van der Waals surface area contributed by atoms with Crippen molar-refractivity contribution in [3.8, 4) is 0 Å². The van der Waals surface area contributed by atoms with Crippen LogP contribution in [0.1, 0.15) is 30.9 Å². The summed E-state index contributed by atoms with van der Waals surface area (Å²) in [6.07, 6.45) is 3.37. The standard InChI is InChI=1S/C20H31FN4O/c1-23-9-6-10-24(14-13-23)16-20(26)22-15-19(25-11-4-5-12-25)17-7-2-3-8-18(17)21/h2-3,7-8,19H,4-6,9-16H2,1H3,(H,22,26)/t19-/m1/s1. The van der Waals surface area contributed by atoms with Gasteiger partial charge in [-0.05, 0) is 58.6 Å². The summed E-state index contributed by atoms with van der Waals surface area (Å²) in [5, 5.41) is 3.06. The zero-order valence-electron chi connectivity index (χ0n) is 15.8. The maximum atomic E-state index is 14.3. The molecule has 1 atom stereocenters. The van der Waals surface area contributed by atoms with Gasteiger partial charge in [0, 0.05) is 25.2 Å². The Hall–Kier alpha value is -1.50. The van der Waals surface area contributed by atoms with E-state index in [1.807, 2.05) is 12.1 Å². The van der Waals surface area contributed by atoms with E-state index in [1.165, 1.54) is 6.07 Å². The predicted molar refractivity (Wildman–Crippen MR) is 102 cm³/mol. The zero-order valence-corrected chi connectivity index (χ0v) is 15.8. The Morgan fingerprint density at radius 3 is 2.62 bits per heavy atom. The smallest absolute Gasteiger partial charge is 0.234 e. The van der Waals surface area contributed by atoms with Crippen LogP contribution >= 0.6 is 0 Å². The normalized spacial score (nSPS) is 21.5. The lowest BCUT2D eigenvalue weighted by molar-refractivity contribution is -0.122. The number of hydrogen-bond donors (Lipinski definition) is 1. The van der Waals surface area contributed by atoms with E-state index >= 15 is 0 Å². The second-order valence-electron chi connectivity index (χ2n) is 7.52. The lowest BCUT2D eigenvalue weighted by Crippen LogP contribution is -2.42. The van der Waals surface area contributed by atoms with Gasteiger partial charge in [-0.2, -0.15) is 0 Å². The van der Waals surface area contributed by atoms with Gasteiger partial charge in [-0.15, -0.1) is 0 Å². The number of halogens is 1. The van der Waals surface area contributed by atoms with Crippen LogP contribution in [0.3, 0.4) is 0 Å². The number of hydrogen-bond acceptors (Lipinski definition) is 4. The first-order valence-corrected chi connectivity index (χ1v) is 9.79. The Kier molecular flexibility index (Phi) is 7.00. The fourth-order valence-electron chi connectivity index (χ4n) is 3.96. The molecular weight excluding hydrogens is 331 g/mol. The van der Waals surface area contributed by atoms with Gasteiger partial charge in [-0.3, -0.25) is 14.6 Å². The quantitative estimate of drug-likeness (QED) is 0.836. The summed E-state index contributed by atoms with van der Waals surface area (Å²) in [5.74, 6) is -0.149. The van der Waals surface area contributed by atoms with Crippen molar-refractivity contribution >= 4 is 5.91 Å². The molecule has 0 aliphatic carbocycles. The van der Waals surface area contributed by atoms with E-state index in [1.54, 1.807) is 6.07 Å². The van der Waals surface area contributed by atoms with Gasteiger partial charge in [0.2, 0.25) is 5.91 Å². The maximum absolute atomic E-state index is 14.3. The predicted octanol–water partition coefficient (Wildman–Crippen LogP) is 1.72. The van der Waals surface area contributed by atoms with Gasteiger partial charge in [-0.1, -0.05) is 18.2 Å². The minimum absolute atomic E-state index is 0.0371. The van der Waals surface area contributed by atoms with Crippen LogP contribution in [0.2, 0.25) is 0 Å². The minimum atomic E-state index is -0.186. The third-order valence-electron chi connectivity index (χ3n) is 5.52. The van der Waals surface area contributed by atoms with Crippen LogP contribution in [-0.4, -0.2) is 80.0 Å². The van der Waals surface area contributed by atoms with E-state index < -0.39 is 0 Å². The molecule has 0 aromatic heterocycles. The van der Waals surface area contributed by atoms with E-state index in [0.29, 0.717) is 18.7 Å². The van der Waals surface area contributed by atoms with Crippen molar-refractivity contribution in [2.45, 2.75) is 25.3 Å². The summed E-state index contributed by atoms with van der Waals surface area (Å²) in [6.45, 7) is 6.79. The second kappa shape index (κ2) is 9.44. The first-order chi connectivity index (χ1) is 12.6. The Balaban J connectivity index is 1.57. The summed E-state index contributed by atoms with van der Waals surface area (Å²) in [4.78, 5) is 19.3. The second-order valence-corrected chi connectivity index (χ2v) is 7.52. The molecule has 6 heteroatoms. The van der Waals surface area contributed by atoms with Gasteiger partial charge in [0.1, 0.15) is 5.82 Å². The van der Waals surface area contributed by atoms with Gasteiger partial charge < -0.3 is 10.2 Å². The molecule has 5 nitrogen and oxygen atoms in total. The van der Waals surface area contributed by atoms with Gasteiger partial charge >= 0.3 is 0 Å². The number of nitrogens with zero attached hydrogens (tertiary/aromatic N) is 3. The molecule has 2 heterocycles. The van der Waals surface area contributed by atoms with Crippen molar-refractivity contribution < 1.29 is 9.18 Å². The highest BCUT2D eigenvalue weighted by atomic mass is 19.1. The van der Waals surface area contributed by atoms with Crippen molar-refractivity contribution in [1.82, 2.24) is 20.0 Å². The minimum Gasteiger partial charge on any atom is -0.353 e. The first kappa shape index (κ1) is 19.3. The molecule has 0 radical (unpaired) electrons. The Labute approximate surface area is 156 Å². The van der Waals surface area contributed by atoms with E-state index in [9.17, 15) is 9.18 Å². The summed E-state index contributed by atoms with van der Waals surface area (Å²) < 4.78 is 14.3. The van der Waals surface area contributed by atoms with E-state index in [2.05, 4.69) is 27.1 Å². The SMILES string of the molecule is CN1CCCN(CC(=O)NC[C@H](c2ccccc2F)N2CCCC2)CC1. The average Bonchev–Trinajstić information content (AvgIpc) is 3.08. The van der Waals surface area contributed by atoms with Crippen LogP contribution < -0.4 is 5.32 Å². The molecule has 0 bridgehead atoms. The molecule has 2 aliphatic heterocycles. The first-order valence-electron chi connectivity index (χ1n) is 9.79. The third-order valence-corrected chi connectivity index (χ3v) is 5.52. The van der Waals surface area contributed by atoms with Crippen molar-refractivity contribution in [3.05, 3.63) is 35.6 Å². The molecule has 1 amide bonds. The molecular formula is C20H31FN4O. The van der Waals surface area contributed by atoms with Gasteiger partial charge in [0.25, 0.3) is 0 Å². The van der Waals surface area contributed by atoms with Gasteiger partial charge in [-0.25, -0.2) is 4.39 Å². The number of rotatable bonds is 6. The average molecular weight is 362 g/mol. The number of likely N-dealkylation sites (tertiary alicyclic amines) is 1. The molecule has 1 N–H and O–H groups in total. The van der Waals surface area contributed by atoms with Crippen molar-refractivity contribution in [2.75, 3.05) is 59.4 Å². The summed E-state index contributed by atoms with van der Waals surface area (Å²) in [6, 6.07) is 6.85. The number of carbonyl (C=O) groups excluding carboxylic acids is 1. The highest BCUT2D eigenvalue weighted by Crippen LogP contribution is 2.26. The summed E-state index contributed by atoms with van der Waals surface area (Å²) in [5.41, 5.74) is 0.686. The zero-order chi connectivity index (χ0) is 18.4. The maximum Gasteiger partial charge on any atom is 0.234 e. The molecule has 26 heavy (non-hydrogen) atoms. The third kappa shape index (κ3) is 5.25. The van der Waals surface area contributed by atoms with Crippen molar-refractivity contribution in [3.63, 3.8) is 0 Å². The van der Waals surface area contributed by atoms with Crippen LogP contribution in [0.15, 0.2) is 24.3 Å². The number of likely N-dealkylation sites (N-methyl/N-ethyl adjacent to an activating group) is 1. The molecule has 3 rings (SSSR count). The summed E-state index contributed by atoms with van der Waals surface area (Å²) in [7, 11) is 2.12. The number of amides is 1. The Morgan fingerprint density at radius 2 is 1.85 bits per heavy atom. The van der Waals surface area contributed by atoms with Crippen LogP contribution in [0.25, 0.3) is 0 Å². The highest BCUT2D eigenvalue weighted by Gasteiger charge is 2.26. The van der Waals surface area contributed by atoms with Gasteiger partial charge in [0.05, 0.1) is 12.6 Å². The number of benzene rings is 1. The Morgan fingerprint density at radius 1 is 1.08 bits per heavy atom. The summed E-state index contributed by atoms with van der Waals surface area (Å²) >= 11 is 0. The monoisotopic (exact) mass is 362 g/mol. The molecule has 2 fully saturated rings. The van der Waals surface area contributed by atoms with Crippen molar-refractivity contribution in [1.29, 1.82) is 0 Å². The fraction of sp³-hybridized carbons (Fsp3) is 0.650. The molecule has 0 spiro atoms. The molecule has 1 aromatic rings. The molecule has 1 aromatic carbocycles. The van der Waals surface area contributed by atoms with E-state index in [4.69, 9.17) is 0 Å². The van der Waals surface area contributed by atoms with Crippen LogP contribution in [0.4, 0.5) is 4.39 Å². The molecule has 2 saturated heterocycles.